The van der Waals surface area contributed by atoms with E-state index in [0.717, 1.165) is 0 Å². The molecule has 0 radical (unpaired) electrons. The molecule has 3 aromatic rings. The van der Waals surface area contributed by atoms with Crippen LogP contribution in [0.1, 0.15) is 6.92 Å². The van der Waals surface area contributed by atoms with Crippen LogP contribution in [-0.4, -0.2) is 33.0 Å². The van der Waals surface area contributed by atoms with E-state index >= 15 is 0 Å². The number of thioether (sulfide) groups is 1. The summed E-state index contributed by atoms with van der Waals surface area (Å²) in [6.45, 7) is 6.71. The summed E-state index contributed by atoms with van der Waals surface area (Å²) in [5.41, 5.74) is 0.647. The molecule has 1 N–H and O–H groups in total. The molecule has 0 saturated heterocycles. The summed E-state index contributed by atoms with van der Waals surface area (Å²) in [7, 11) is 0. The molecule has 0 spiro atoms. The largest absolute Gasteiger partial charge is 0.492 e. The fraction of sp³-hybridized carbons (Fsp3) is 0.211. The number of hydrogen-bond donors (Lipinski definition) is 1. The molecular weight excluding hydrogens is 364 g/mol. The summed E-state index contributed by atoms with van der Waals surface area (Å²) in [4.78, 5) is 12.4. The number of ether oxygens (including phenoxy) is 1. The third-order valence-corrected chi connectivity index (χ3v) is 4.53. The van der Waals surface area contributed by atoms with Gasteiger partial charge in [-0.1, -0.05) is 30.0 Å². The first-order valence-electron chi connectivity index (χ1n) is 8.45. The molecule has 2 heterocycles. The number of aromatic nitrogens is 3. The van der Waals surface area contributed by atoms with Crippen molar-refractivity contribution in [2.24, 2.45) is 0 Å². The minimum atomic E-state index is -0.153. The Kier molecular flexibility index (Phi) is 6.32. The van der Waals surface area contributed by atoms with E-state index in [4.69, 9.17) is 9.15 Å². The number of para-hydroxylation sites is 2. The Balaban J connectivity index is 1.68. The van der Waals surface area contributed by atoms with Crippen molar-refractivity contribution >= 4 is 23.4 Å². The molecular formula is C19H20N4O3S. The highest BCUT2D eigenvalue weighted by Gasteiger charge is 2.17. The normalized spacial score (nSPS) is 10.6. The van der Waals surface area contributed by atoms with Gasteiger partial charge in [-0.05, 0) is 31.2 Å². The lowest BCUT2D eigenvalue weighted by molar-refractivity contribution is -0.113. The summed E-state index contributed by atoms with van der Waals surface area (Å²) in [5, 5.41) is 11.8. The molecule has 2 aromatic heterocycles. The first kappa shape index (κ1) is 18.8. The van der Waals surface area contributed by atoms with Crippen molar-refractivity contribution in [3.8, 4) is 17.3 Å². The molecule has 1 amide bonds. The van der Waals surface area contributed by atoms with Crippen molar-refractivity contribution in [1.29, 1.82) is 0 Å². The lowest BCUT2D eigenvalue weighted by Gasteiger charge is -2.11. The third-order valence-electron chi connectivity index (χ3n) is 3.56. The summed E-state index contributed by atoms with van der Waals surface area (Å²) < 4.78 is 12.8. The Morgan fingerprint density at radius 3 is 2.93 bits per heavy atom. The number of amides is 1. The van der Waals surface area contributed by atoms with Crippen LogP contribution in [0.25, 0.3) is 11.6 Å². The van der Waals surface area contributed by atoms with Crippen LogP contribution in [0.2, 0.25) is 0 Å². The van der Waals surface area contributed by atoms with Gasteiger partial charge in [-0.2, -0.15) is 0 Å². The Bertz CT molecular complexity index is 906. The van der Waals surface area contributed by atoms with Gasteiger partial charge >= 0.3 is 0 Å². The van der Waals surface area contributed by atoms with Crippen molar-refractivity contribution in [3.63, 3.8) is 0 Å². The second-order valence-corrected chi connectivity index (χ2v) is 6.39. The lowest BCUT2D eigenvalue weighted by Crippen LogP contribution is -2.15. The standard InChI is InChI=1S/C19H20N4O3S/c1-3-11-23-18(16-10-7-12-26-16)21-22-19(23)27-13-17(24)20-14-8-5-6-9-15(14)25-4-2/h3,5-10,12H,1,4,11,13H2,2H3,(H,20,24). The number of hydrogen-bond acceptors (Lipinski definition) is 6. The lowest BCUT2D eigenvalue weighted by atomic mass is 10.3. The molecule has 0 aliphatic rings. The maximum absolute atomic E-state index is 12.4. The van der Waals surface area contributed by atoms with Crippen LogP contribution >= 0.6 is 11.8 Å². The average molecular weight is 384 g/mol. The SMILES string of the molecule is C=CCn1c(SCC(=O)Nc2ccccc2OCC)nnc1-c1ccco1. The van der Waals surface area contributed by atoms with E-state index < -0.39 is 0 Å². The molecule has 27 heavy (non-hydrogen) atoms. The van der Waals surface area contributed by atoms with Gasteiger partial charge < -0.3 is 14.5 Å². The zero-order valence-corrected chi connectivity index (χ0v) is 15.7. The minimum absolute atomic E-state index is 0.153. The molecule has 0 unspecified atom stereocenters. The monoisotopic (exact) mass is 384 g/mol. The van der Waals surface area contributed by atoms with Crippen molar-refractivity contribution in [3.05, 3.63) is 55.3 Å². The highest BCUT2D eigenvalue weighted by molar-refractivity contribution is 7.99. The predicted octanol–water partition coefficient (Wildman–Crippen LogP) is 3.85. The van der Waals surface area contributed by atoms with Gasteiger partial charge in [0.15, 0.2) is 10.9 Å². The van der Waals surface area contributed by atoms with E-state index in [-0.39, 0.29) is 11.7 Å². The summed E-state index contributed by atoms with van der Waals surface area (Å²) >= 11 is 1.30. The Labute approximate surface area is 161 Å². The van der Waals surface area contributed by atoms with E-state index in [0.29, 0.717) is 41.3 Å². The molecule has 0 aliphatic heterocycles. The number of allylic oxidation sites excluding steroid dienone is 1. The smallest absolute Gasteiger partial charge is 0.234 e. The number of carbonyl (C=O) groups is 1. The van der Waals surface area contributed by atoms with Crippen LogP contribution in [0.5, 0.6) is 5.75 Å². The number of nitrogens with zero attached hydrogens (tertiary/aromatic N) is 3. The first-order valence-corrected chi connectivity index (χ1v) is 9.44. The molecule has 0 bridgehead atoms. The van der Waals surface area contributed by atoms with Crippen molar-refractivity contribution in [2.45, 2.75) is 18.6 Å². The quantitative estimate of drug-likeness (QED) is 0.446. The highest BCUT2D eigenvalue weighted by Crippen LogP contribution is 2.26. The van der Waals surface area contributed by atoms with Crippen molar-refractivity contribution < 1.29 is 13.9 Å². The van der Waals surface area contributed by atoms with Crippen molar-refractivity contribution in [1.82, 2.24) is 14.8 Å². The van der Waals surface area contributed by atoms with Crippen LogP contribution in [0.15, 0.2) is 64.9 Å². The molecule has 0 fully saturated rings. The topological polar surface area (TPSA) is 82.2 Å². The molecule has 0 atom stereocenters. The van der Waals surface area contributed by atoms with Crippen LogP contribution < -0.4 is 10.1 Å². The van der Waals surface area contributed by atoms with Crippen LogP contribution in [0.3, 0.4) is 0 Å². The maximum Gasteiger partial charge on any atom is 0.234 e. The van der Waals surface area contributed by atoms with Gasteiger partial charge in [0, 0.05) is 6.54 Å². The number of furan rings is 1. The van der Waals surface area contributed by atoms with Crippen LogP contribution in [0, 0.1) is 0 Å². The van der Waals surface area contributed by atoms with Crippen molar-refractivity contribution in [2.75, 3.05) is 17.7 Å². The Morgan fingerprint density at radius 2 is 2.19 bits per heavy atom. The van der Waals surface area contributed by atoms with E-state index in [1.165, 1.54) is 11.8 Å². The molecule has 0 aliphatic carbocycles. The van der Waals surface area contributed by atoms with Gasteiger partial charge in [-0.3, -0.25) is 9.36 Å². The van der Waals surface area contributed by atoms with Gasteiger partial charge in [0.05, 0.1) is 24.3 Å². The van der Waals surface area contributed by atoms with Gasteiger partial charge in [0.25, 0.3) is 0 Å². The minimum Gasteiger partial charge on any atom is -0.492 e. The summed E-state index contributed by atoms with van der Waals surface area (Å²) in [6.07, 6.45) is 3.33. The van der Waals surface area contributed by atoms with E-state index in [1.807, 2.05) is 41.8 Å². The summed E-state index contributed by atoms with van der Waals surface area (Å²) in [6, 6.07) is 10.9. The molecule has 140 valence electrons. The molecule has 3 rings (SSSR count). The highest BCUT2D eigenvalue weighted by atomic mass is 32.2. The first-order chi connectivity index (χ1) is 13.2. The fourth-order valence-electron chi connectivity index (χ4n) is 2.44. The van der Waals surface area contributed by atoms with Gasteiger partial charge in [-0.15, -0.1) is 16.8 Å². The van der Waals surface area contributed by atoms with Crippen LogP contribution in [0.4, 0.5) is 5.69 Å². The molecule has 1 aromatic carbocycles. The zero-order valence-electron chi connectivity index (χ0n) is 14.9. The Morgan fingerprint density at radius 1 is 1.33 bits per heavy atom. The Hall–Kier alpha value is -3.00. The molecule has 0 saturated carbocycles. The second-order valence-electron chi connectivity index (χ2n) is 5.45. The van der Waals surface area contributed by atoms with Crippen LogP contribution in [-0.2, 0) is 11.3 Å². The van der Waals surface area contributed by atoms with E-state index in [1.54, 1.807) is 18.4 Å². The number of nitrogens with one attached hydrogen (secondary N) is 1. The fourth-order valence-corrected chi connectivity index (χ4v) is 3.19. The number of anilines is 1. The zero-order chi connectivity index (χ0) is 19.1. The van der Waals surface area contributed by atoms with Gasteiger partial charge in [0.1, 0.15) is 5.75 Å². The maximum atomic E-state index is 12.4. The average Bonchev–Trinajstić information content (AvgIpc) is 3.32. The number of rotatable bonds is 9. The van der Waals surface area contributed by atoms with E-state index in [9.17, 15) is 4.79 Å². The summed E-state index contributed by atoms with van der Waals surface area (Å²) in [5.74, 6) is 1.90. The second kappa shape index (κ2) is 9.09. The van der Waals surface area contributed by atoms with Gasteiger partial charge in [0.2, 0.25) is 11.7 Å². The number of carbonyl (C=O) groups excluding carboxylic acids is 1. The van der Waals surface area contributed by atoms with E-state index in [2.05, 4.69) is 22.1 Å². The van der Waals surface area contributed by atoms with Gasteiger partial charge in [-0.25, -0.2) is 0 Å². The number of benzene rings is 1. The predicted molar refractivity (Wildman–Crippen MR) is 105 cm³/mol. The molecule has 7 nitrogen and oxygen atoms in total. The third kappa shape index (κ3) is 4.59. The molecule has 8 heteroatoms.